The number of amides is 2. The Bertz CT molecular complexity index is 547. The van der Waals surface area contributed by atoms with Crippen molar-refractivity contribution in [3.63, 3.8) is 0 Å². The van der Waals surface area contributed by atoms with Crippen molar-refractivity contribution in [3.8, 4) is 0 Å². The maximum Gasteiger partial charge on any atom is 0.234 e. The first-order valence-corrected chi connectivity index (χ1v) is 9.48. The average Bonchev–Trinajstić information content (AvgIpc) is 2.55. The van der Waals surface area contributed by atoms with Crippen LogP contribution in [0.25, 0.3) is 0 Å². The second-order valence-corrected chi connectivity index (χ2v) is 7.27. The van der Waals surface area contributed by atoms with Gasteiger partial charge in [0, 0.05) is 23.8 Å². The molecule has 2 rings (SSSR count). The Kier molecular flexibility index (Phi) is 7.24. The molecule has 2 amide bonds. The quantitative estimate of drug-likeness (QED) is 0.845. The fraction of sp³-hybridized carbons (Fsp3) is 0.529. The van der Waals surface area contributed by atoms with E-state index in [-0.39, 0.29) is 17.6 Å². The van der Waals surface area contributed by atoms with Gasteiger partial charge in [-0.3, -0.25) is 9.59 Å². The van der Waals surface area contributed by atoms with Gasteiger partial charge in [0.05, 0.1) is 11.5 Å². The lowest BCUT2D eigenvalue weighted by atomic mass is 9.94. The lowest BCUT2D eigenvalue weighted by Crippen LogP contribution is -2.39. The van der Waals surface area contributed by atoms with Crippen LogP contribution in [0.4, 0.5) is 5.69 Å². The lowest BCUT2D eigenvalue weighted by Gasteiger charge is -2.31. The van der Waals surface area contributed by atoms with E-state index in [0.29, 0.717) is 22.5 Å². The molecule has 1 aliphatic carbocycles. The highest BCUT2D eigenvalue weighted by atomic mass is 35.5. The summed E-state index contributed by atoms with van der Waals surface area (Å²) in [7, 11) is 1.88. The zero-order valence-electron chi connectivity index (χ0n) is 13.4. The van der Waals surface area contributed by atoms with E-state index in [9.17, 15) is 9.59 Å². The summed E-state index contributed by atoms with van der Waals surface area (Å²) in [6.07, 6.45) is 5.89. The van der Waals surface area contributed by atoms with Gasteiger partial charge in [0.1, 0.15) is 0 Å². The van der Waals surface area contributed by atoms with E-state index in [4.69, 9.17) is 11.6 Å². The number of thioether (sulfide) groups is 1. The summed E-state index contributed by atoms with van der Waals surface area (Å²) >= 11 is 7.23. The predicted molar refractivity (Wildman–Crippen MR) is 97.0 cm³/mol. The number of hydrogen-bond acceptors (Lipinski definition) is 3. The molecule has 1 aliphatic rings. The van der Waals surface area contributed by atoms with Crippen molar-refractivity contribution in [2.75, 3.05) is 23.9 Å². The number of benzene rings is 1. The number of nitrogens with one attached hydrogen (secondary N) is 1. The second-order valence-electron chi connectivity index (χ2n) is 5.85. The van der Waals surface area contributed by atoms with Gasteiger partial charge >= 0.3 is 0 Å². The third kappa shape index (κ3) is 6.07. The third-order valence-corrected chi connectivity index (χ3v) is 5.24. The molecule has 0 aliphatic heterocycles. The van der Waals surface area contributed by atoms with E-state index >= 15 is 0 Å². The smallest absolute Gasteiger partial charge is 0.234 e. The van der Waals surface area contributed by atoms with E-state index < -0.39 is 0 Å². The Balaban J connectivity index is 1.69. The summed E-state index contributed by atoms with van der Waals surface area (Å²) in [5.74, 6) is 0.593. The second kappa shape index (κ2) is 9.18. The van der Waals surface area contributed by atoms with Crippen LogP contribution < -0.4 is 5.32 Å². The van der Waals surface area contributed by atoms with Crippen molar-refractivity contribution < 1.29 is 9.59 Å². The van der Waals surface area contributed by atoms with Gasteiger partial charge in [-0.05, 0) is 31.0 Å². The van der Waals surface area contributed by atoms with Crippen LogP contribution in [0, 0.1) is 0 Å². The molecule has 1 N–H and O–H groups in total. The fourth-order valence-corrected chi connectivity index (χ4v) is 3.70. The molecule has 0 radical (unpaired) electrons. The molecule has 4 nitrogen and oxygen atoms in total. The molecule has 0 unspecified atom stereocenters. The number of halogens is 1. The minimum absolute atomic E-state index is 0.109. The normalized spacial score (nSPS) is 15.2. The summed E-state index contributed by atoms with van der Waals surface area (Å²) in [5, 5.41) is 3.36. The summed E-state index contributed by atoms with van der Waals surface area (Å²) in [6, 6.07) is 7.40. The monoisotopic (exact) mass is 354 g/mol. The van der Waals surface area contributed by atoms with E-state index in [1.807, 2.05) is 11.9 Å². The molecule has 1 aromatic carbocycles. The SMILES string of the molecule is CN(C(=O)CSCC(=O)Nc1cccc(Cl)c1)C1CCCCC1. The lowest BCUT2D eigenvalue weighted by molar-refractivity contribution is -0.129. The summed E-state index contributed by atoms with van der Waals surface area (Å²) in [5.41, 5.74) is 0.675. The van der Waals surface area contributed by atoms with Crippen molar-refractivity contribution in [3.05, 3.63) is 29.3 Å². The topological polar surface area (TPSA) is 49.4 Å². The van der Waals surface area contributed by atoms with Crippen molar-refractivity contribution in [1.29, 1.82) is 0 Å². The predicted octanol–water partition coefficient (Wildman–Crippen LogP) is 3.80. The Hall–Kier alpha value is -1.20. The fourth-order valence-electron chi connectivity index (χ4n) is 2.77. The van der Waals surface area contributed by atoms with Crippen molar-refractivity contribution in [2.24, 2.45) is 0 Å². The van der Waals surface area contributed by atoms with Crippen molar-refractivity contribution in [2.45, 2.75) is 38.1 Å². The van der Waals surface area contributed by atoms with Gasteiger partial charge in [0.25, 0.3) is 0 Å². The third-order valence-electron chi connectivity index (χ3n) is 4.08. The molecule has 23 heavy (non-hydrogen) atoms. The molecule has 0 bridgehead atoms. The first-order valence-electron chi connectivity index (χ1n) is 7.95. The number of carbonyl (C=O) groups is 2. The van der Waals surface area contributed by atoms with Crippen LogP contribution >= 0.6 is 23.4 Å². The molecule has 0 heterocycles. The molecule has 0 aromatic heterocycles. The molecule has 0 saturated heterocycles. The molecule has 126 valence electrons. The zero-order chi connectivity index (χ0) is 16.7. The van der Waals surface area contributed by atoms with E-state index in [1.54, 1.807) is 24.3 Å². The summed E-state index contributed by atoms with van der Waals surface area (Å²) in [4.78, 5) is 25.9. The number of rotatable bonds is 6. The van der Waals surface area contributed by atoms with Crippen LogP contribution in [0.2, 0.25) is 5.02 Å². The van der Waals surface area contributed by atoms with Crippen molar-refractivity contribution in [1.82, 2.24) is 4.90 Å². The van der Waals surface area contributed by atoms with Crippen LogP contribution in [0.1, 0.15) is 32.1 Å². The number of carbonyl (C=O) groups excluding carboxylic acids is 2. The van der Waals surface area contributed by atoms with Crippen LogP contribution in [-0.2, 0) is 9.59 Å². The average molecular weight is 355 g/mol. The standard InChI is InChI=1S/C17H23ClN2O2S/c1-20(15-8-3-2-4-9-15)17(22)12-23-11-16(21)19-14-7-5-6-13(18)10-14/h5-7,10,15H,2-4,8-9,11-12H2,1H3,(H,19,21). The van der Waals surface area contributed by atoms with Gasteiger partial charge in [-0.1, -0.05) is 36.9 Å². The van der Waals surface area contributed by atoms with Crippen LogP contribution in [0.3, 0.4) is 0 Å². The molecule has 1 aromatic rings. The highest BCUT2D eigenvalue weighted by Gasteiger charge is 2.21. The van der Waals surface area contributed by atoms with E-state index in [2.05, 4.69) is 5.32 Å². The summed E-state index contributed by atoms with van der Waals surface area (Å²) < 4.78 is 0. The molecule has 0 atom stereocenters. The summed E-state index contributed by atoms with van der Waals surface area (Å²) in [6.45, 7) is 0. The zero-order valence-corrected chi connectivity index (χ0v) is 15.0. The molecular formula is C17H23ClN2O2S. The molecule has 1 fully saturated rings. The Labute approximate surface area is 146 Å². The van der Waals surface area contributed by atoms with Gasteiger partial charge in [-0.2, -0.15) is 0 Å². The van der Waals surface area contributed by atoms with Crippen LogP contribution in [0.15, 0.2) is 24.3 Å². The van der Waals surface area contributed by atoms with E-state index in [1.165, 1.54) is 31.0 Å². The molecule has 6 heteroatoms. The van der Waals surface area contributed by atoms with Gasteiger partial charge < -0.3 is 10.2 Å². The number of nitrogens with zero attached hydrogens (tertiary/aromatic N) is 1. The van der Waals surface area contributed by atoms with Gasteiger partial charge in [-0.15, -0.1) is 11.8 Å². The maximum atomic E-state index is 12.2. The van der Waals surface area contributed by atoms with Crippen molar-refractivity contribution >= 4 is 40.9 Å². The highest BCUT2D eigenvalue weighted by Crippen LogP contribution is 2.22. The number of anilines is 1. The minimum atomic E-state index is -0.120. The van der Waals surface area contributed by atoms with Gasteiger partial charge in [0.15, 0.2) is 0 Å². The maximum absolute atomic E-state index is 12.2. The molecule has 0 spiro atoms. The van der Waals surface area contributed by atoms with Crippen LogP contribution in [0.5, 0.6) is 0 Å². The van der Waals surface area contributed by atoms with Crippen LogP contribution in [-0.4, -0.2) is 41.3 Å². The molecular weight excluding hydrogens is 332 g/mol. The van der Waals surface area contributed by atoms with Gasteiger partial charge in [0.2, 0.25) is 11.8 Å². The van der Waals surface area contributed by atoms with Gasteiger partial charge in [-0.25, -0.2) is 0 Å². The molecule has 1 saturated carbocycles. The minimum Gasteiger partial charge on any atom is -0.342 e. The van der Waals surface area contributed by atoms with E-state index in [0.717, 1.165) is 12.8 Å². The Morgan fingerprint density at radius 3 is 2.70 bits per heavy atom. The first-order chi connectivity index (χ1) is 11.1. The number of hydrogen-bond donors (Lipinski definition) is 1. The Morgan fingerprint density at radius 2 is 2.00 bits per heavy atom. The highest BCUT2D eigenvalue weighted by molar-refractivity contribution is 8.00. The largest absolute Gasteiger partial charge is 0.342 e. The first kappa shape index (κ1) is 18.1. The Morgan fingerprint density at radius 1 is 1.26 bits per heavy atom.